The largest absolute Gasteiger partial charge is 0.481 e. The van der Waals surface area contributed by atoms with E-state index >= 15 is 0 Å². The van der Waals surface area contributed by atoms with Crippen LogP contribution in [0.15, 0.2) is 34.2 Å². The number of carboxylic acids is 1. The van der Waals surface area contributed by atoms with Gasteiger partial charge in [0, 0.05) is 18.7 Å². The quantitative estimate of drug-likeness (QED) is 0.754. The molecule has 8 nitrogen and oxygen atoms in total. The van der Waals surface area contributed by atoms with Crippen LogP contribution in [0.1, 0.15) is 38.2 Å². The summed E-state index contributed by atoms with van der Waals surface area (Å²) in [6.07, 6.45) is 2.54. The number of aliphatic carboxylic acids is 1. The molecule has 1 aromatic carbocycles. The Morgan fingerprint density at radius 3 is 2.78 bits per heavy atom. The normalized spacial score (nSPS) is 23.1. The summed E-state index contributed by atoms with van der Waals surface area (Å²) in [4.78, 5) is 30.2. The fraction of sp³-hybridized carbons (Fsp3) is 0.500. The number of hydrogen-bond donors (Lipinski definition) is 2. The fourth-order valence-electron chi connectivity index (χ4n) is 3.40. The number of nitrogens with zero attached hydrogens (tertiary/aromatic N) is 2. The lowest BCUT2D eigenvalue weighted by atomic mass is 10.1. The van der Waals surface area contributed by atoms with E-state index in [1.54, 1.807) is 18.2 Å². The molecule has 0 radical (unpaired) electrons. The maximum atomic E-state index is 12.9. The highest BCUT2D eigenvalue weighted by molar-refractivity contribution is 7.90. The lowest BCUT2D eigenvalue weighted by Gasteiger charge is -2.21. The van der Waals surface area contributed by atoms with Gasteiger partial charge in [0.1, 0.15) is 11.9 Å². The topological polar surface area (TPSA) is 116 Å². The Bertz CT molecular complexity index is 881. The van der Waals surface area contributed by atoms with Crippen molar-refractivity contribution in [3.8, 4) is 0 Å². The molecule has 146 valence electrons. The highest BCUT2D eigenvalue weighted by atomic mass is 32.2. The summed E-state index contributed by atoms with van der Waals surface area (Å²) in [6.45, 7) is 2.55. The molecular formula is C18H23N3O5S. The van der Waals surface area contributed by atoms with Gasteiger partial charge in [0.2, 0.25) is 5.91 Å². The highest BCUT2D eigenvalue weighted by Gasteiger charge is 2.36. The molecule has 0 bridgehead atoms. The molecule has 1 amide bonds. The number of amides is 1. The lowest BCUT2D eigenvalue weighted by molar-refractivity contribution is -0.141. The average molecular weight is 393 g/mol. The van der Waals surface area contributed by atoms with Gasteiger partial charge in [-0.25, -0.2) is 8.42 Å². The molecule has 1 fully saturated rings. The fourth-order valence-corrected chi connectivity index (χ4v) is 4.64. The Morgan fingerprint density at radius 1 is 1.37 bits per heavy atom. The van der Waals surface area contributed by atoms with Crippen molar-refractivity contribution in [3.05, 3.63) is 29.8 Å². The molecule has 0 aliphatic carbocycles. The Morgan fingerprint density at radius 2 is 2.11 bits per heavy atom. The van der Waals surface area contributed by atoms with Crippen LogP contribution < -0.4 is 4.72 Å². The van der Waals surface area contributed by atoms with Gasteiger partial charge in [0.05, 0.1) is 10.8 Å². The zero-order valence-corrected chi connectivity index (χ0v) is 15.9. The maximum Gasteiger partial charge on any atom is 0.308 e. The molecular weight excluding hydrogens is 370 g/mol. The molecule has 2 heterocycles. The number of carbonyl (C=O) groups excluding carboxylic acids is 1. The van der Waals surface area contributed by atoms with Crippen molar-refractivity contribution in [1.29, 1.82) is 0 Å². The Kier molecular flexibility index (Phi) is 5.50. The third kappa shape index (κ3) is 3.97. The van der Waals surface area contributed by atoms with Crippen molar-refractivity contribution in [2.75, 3.05) is 13.1 Å². The molecule has 1 saturated heterocycles. The van der Waals surface area contributed by atoms with Gasteiger partial charge in [-0.2, -0.15) is 0 Å². The molecule has 0 saturated carbocycles. The van der Waals surface area contributed by atoms with E-state index in [0.717, 1.165) is 12.8 Å². The van der Waals surface area contributed by atoms with Gasteiger partial charge < -0.3 is 10.0 Å². The summed E-state index contributed by atoms with van der Waals surface area (Å²) in [7, 11) is -3.67. The Labute approximate surface area is 158 Å². The summed E-state index contributed by atoms with van der Waals surface area (Å²) in [5.41, 5.74) is 0.455. The van der Waals surface area contributed by atoms with Gasteiger partial charge in [0.25, 0.3) is 10.0 Å². The van der Waals surface area contributed by atoms with E-state index in [4.69, 9.17) is 5.11 Å². The first-order chi connectivity index (χ1) is 12.8. The van der Waals surface area contributed by atoms with Crippen molar-refractivity contribution in [2.45, 2.75) is 43.5 Å². The lowest BCUT2D eigenvalue weighted by Crippen LogP contribution is -2.38. The summed E-state index contributed by atoms with van der Waals surface area (Å²) >= 11 is 0. The smallest absolute Gasteiger partial charge is 0.308 e. The van der Waals surface area contributed by atoms with Gasteiger partial charge in [-0.3, -0.25) is 19.3 Å². The van der Waals surface area contributed by atoms with E-state index in [2.05, 4.69) is 9.71 Å². The number of fused-ring (bicyclic) bond motifs is 1. The van der Waals surface area contributed by atoms with E-state index in [9.17, 15) is 18.0 Å². The van der Waals surface area contributed by atoms with E-state index in [1.165, 1.54) is 11.0 Å². The number of hydrogen-bond acceptors (Lipinski definition) is 5. The van der Waals surface area contributed by atoms with E-state index in [-0.39, 0.29) is 23.2 Å². The first-order valence-electron chi connectivity index (χ1n) is 9.05. The first kappa shape index (κ1) is 19.3. The second kappa shape index (κ2) is 7.67. The van der Waals surface area contributed by atoms with Crippen molar-refractivity contribution in [1.82, 2.24) is 9.62 Å². The van der Waals surface area contributed by atoms with Gasteiger partial charge >= 0.3 is 5.97 Å². The molecule has 2 N–H and O–H groups in total. The Hall–Kier alpha value is -2.42. The number of rotatable bonds is 6. The predicted molar refractivity (Wildman–Crippen MR) is 98.9 cm³/mol. The minimum Gasteiger partial charge on any atom is -0.481 e. The molecule has 0 spiro atoms. The van der Waals surface area contributed by atoms with Crippen LogP contribution in [0.25, 0.3) is 0 Å². The highest BCUT2D eigenvalue weighted by Crippen LogP contribution is 2.24. The summed E-state index contributed by atoms with van der Waals surface area (Å²) < 4.78 is 26.9. The molecule has 2 unspecified atom stereocenters. The standard InChI is InChI=1S/C18H23N3O5S/c1-2-3-7-14(17(22)21-10-9-12(11-21)18(23)24)19-16-13-6-4-5-8-15(13)27(25,26)20-16/h4-6,8,12,14H,2-3,7,9-11H2,1H3,(H,19,20)(H,23,24). The zero-order chi connectivity index (χ0) is 19.6. The number of unbranched alkanes of at least 4 members (excludes halogenated alkanes) is 1. The minimum absolute atomic E-state index is 0.151. The van der Waals surface area contributed by atoms with Gasteiger partial charge in [-0.05, 0) is 25.0 Å². The number of aliphatic imine (C=N–C) groups is 1. The van der Waals surface area contributed by atoms with Crippen molar-refractivity contribution < 1.29 is 23.1 Å². The molecule has 9 heteroatoms. The van der Waals surface area contributed by atoms with Crippen LogP contribution in [0.2, 0.25) is 0 Å². The molecule has 2 atom stereocenters. The molecule has 1 aromatic rings. The number of carboxylic acid groups (broad SMARTS) is 1. The number of benzene rings is 1. The van der Waals surface area contributed by atoms with Crippen molar-refractivity contribution in [3.63, 3.8) is 0 Å². The van der Waals surface area contributed by atoms with Crippen LogP contribution in [0.4, 0.5) is 0 Å². The Balaban J connectivity index is 1.87. The number of likely N-dealkylation sites (tertiary alicyclic amines) is 1. The van der Waals surface area contributed by atoms with Crippen molar-refractivity contribution in [2.24, 2.45) is 10.9 Å². The molecule has 27 heavy (non-hydrogen) atoms. The van der Waals surface area contributed by atoms with Crippen LogP contribution in [0.3, 0.4) is 0 Å². The zero-order valence-electron chi connectivity index (χ0n) is 15.1. The predicted octanol–water partition coefficient (Wildman–Crippen LogP) is 1.22. The average Bonchev–Trinajstić information content (AvgIpc) is 3.22. The van der Waals surface area contributed by atoms with Crippen LogP contribution in [0.5, 0.6) is 0 Å². The third-order valence-corrected chi connectivity index (χ3v) is 6.31. The van der Waals surface area contributed by atoms with Crippen LogP contribution in [0, 0.1) is 5.92 Å². The third-order valence-electron chi connectivity index (χ3n) is 4.91. The van der Waals surface area contributed by atoms with Crippen LogP contribution in [-0.2, 0) is 19.6 Å². The SMILES string of the molecule is CCCCC(N=C1NS(=O)(=O)c2ccccc21)C(=O)N1CCC(C(=O)O)C1. The van der Waals surface area contributed by atoms with Crippen molar-refractivity contribution >= 4 is 27.7 Å². The number of sulfonamides is 1. The minimum atomic E-state index is -3.67. The van der Waals surface area contributed by atoms with E-state index in [1.807, 2.05) is 6.92 Å². The molecule has 2 aliphatic rings. The number of nitrogens with one attached hydrogen (secondary N) is 1. The molecule has 0 aromatic heterocycles. The summed E-state index contributed by atoms with van der Waals surface area (Å²) in [5, 5.41) is 9.15. The first-order valence-corrected chi connectivity index (χ1v) is 10.5. The molecule has 3 rings (SSSR count). The number of carbonyl (C=O) groups is 2. The second-order valence-electron chi connectivity index (χ2n) is 6.85. The van der Waals surface area contributed by atoms with Gasteiger partial charge in [-0.1, -0.05) is 31.9 Å². The van der Waals surface area contributed by atoms with Gasteiger partial charge in [0.15, 0.2) is 0 Å². The second-order valence-corrected chi connectivity index (χ2v) is 8.50. The van der Waals surface area contributed by atoms with Crippen LogP contribution >= 0.6 is 0 Å². The van der Waals surface area contributed by atoms with Gasteiger partial charge in [-0.15, -0.1) is 0 Å². The van der Waals surface area contributed by atoms with E-state index < -0.39 is 28.0 Å². The summed E-state index contributed by atoms with van der Waals surface area (Å²) in [5.74, 6) is -1.53. The summed E-state index contributed by atoms with van der Waals surface area (Å²) in [6, 6.07) is 5.78. The maximum absolute atomic E-state index is 12.9. The monoisotopic (exact) mass is 393 g/mol. The van der Waals surface area contributed by atoms with Crippen LogP contribution in [-0.4, -0.2) is 55.3 Å². The number of amidine groups is 1. The van der Waals surface area contributed by atoms with E-state index in [0.29, 0.717) is 24.9 Å². The molecule has 2 aliphatic heterocycles.